The fourth-order valence-electron chi connectivity index (χ4n) is 2.49. The lowest BCUT2D eigenvalue weighted by Crippen LogP contribution is -2.07. The Morgan fingerprint density at radius 1 is 0.722 bits per heavy atom. The highest BCUT2D eigenvalue weighted by Gasteiger charge is 2.08. The SMILES string of the molecule is CCCCCCCCC(CCCCCC)COS. The average Bonchev–Trinajstić information content (AvgIpc) is 2.38. The van der Waals surface area contributed by atoms with Crippen molar-refractivity contribution in [1.29, 1.82) is 0 Å². The summed E-state index contributed by atoms with van der Waals surface area (Å²) in [6.45, 7) is 5.38. The second-order valence-corrected chi connectivity index (χ2v) is 5.83. The summed E-state index contributed by atoms with van der Waals surface area (Å²) in [4.78, 5) is 0. The van der Waals surface area contributed by atoms with Gasteiger partial charge in [-0.1, -0.05) is 78.1 Å². The molecule has 0 N–H and O–H groups in total. The second kappa shape index (κ2) is 15.4. The quantitative estimate of drug-likeness (QED) is 0.226. The van der Waals surface area contributed by atoms with Gasteiger partial charge in [-0.3, -0.25) is 0 Å². The van der Waals surface area contributed by atoms with Crippen molar-refractivity contribution in [3.63, 3.8) is 0 Å². The molecule has 0 fully saturated rings. The Balaban J connectivity index is 3.44. The molecule has 1 unspecified atom stereocenters. The van der Waals surface area contributed by atoms with Crippen molar-refractivity contribution >= 4 is 12.9 Å². The molecule has 0 radical (unpaired) electrons. The minimum atomic E-state index is 0.741. The molecule has 0 aromatic heterocycles. The van der Waals surface area contributed by atoms with E-state index in [-0.39, 0.29) is 0 Å². The number of hydrogen-bond acceptors (Lipinski definition) is 2. The van der Waals surface area contributed by atoms with Crippen molar-refractivity contribution in [3.05, 3.63) is 0 Å². The fraction of sp³-hybridized carbons (Fsp3) is 1.00. The average molecular weight is 275 g/mol. The van der Waals surface area contributed by atoms with Crippen molar-refractivity contribution in [3.8, 4) is 0 Å². The van der Waals surface area contributed by atoms with Gasteiger partial charge in [-0.2, -0.15) is 0 Å². The van der Waals surface area contributed by atoms with Crippen LogP contribution in [0.4, 0.5) is 0 Å². The summed E-state index contributed by atoms with van der Waals surface area (Å²) < 4.78 is 5.05. The van der Waals surface area contributed by atoms with Gasteiger partial charge in [-0.05, 0) is 31.7 Å². The maximum atomic E-state index is 5.05. The molecule has 0 rings (SSSR count). The minimum Gasteiger partial charge on any atom is -0.318 e. The highest BCUT2D eigenvalue weighted by atomic mass is 32.1. The molecule has 0 spiro atoms. The van der Waals surface area contributed by atoms with Gasteiger partial charge in [0.1, 0.15) is 0 Å². The molecular weight excluding hydrogens is 240 g/mol. The number of thiol groups is 1. The first-order valence-electron chi connectivity index (χ1n) is 8.11. The van der Waals surface area contributed by atoms with Crippen LogP contribution in [0, 0.1) is 5.92 Å². The number of unbranched alkanes of at least 4 members (excludes halogenated alkanes) is 8. The van der Waals surface area contributed by atoms with E-state index in [1.807, 2.05) is 0 Å². The molecule has 1 nitrogen and oxygen atoms in total. The van der Waals surface area contributed by atoms with Crippen LogP contribution in [0.5, 0.6) is 0 Å². The molecule has 0 saturated heterocycles. The van der Waals surface area contributed by atoms with E-state index in [1.54, 1.807) is 0 Å². The fourth-order valence-corrected chi connectivity index (χ4v) is 2.70. The van der Waals surface area contributed by atoms with Gasteiger partial charge >= 0.3 is 0 Å². The van der Waals surface area contributed by atoms with Gasteiger partial charge in [-0.15, -0.1) is 0 Å². The Morgan fingerprint density at radius 3 is 1.67 bits per heavy atom. The van der Waals surface area contributed by atoms with Gasteiger partial charge in [0.2, 0.25) is 0 Å². The highest BCUT2D eigenvalue weighted by molar-refractivity contribution is 7.75. The first kappa shape index (κ1) is 18.3. The van der Waals surface area contributed by atoms with Crippen LogP contribution in [-0.2, 0) is 4.18 Å². The molecular formula is C16H34OS. The van der Waals surface area contributed by atoms with Crippen LogP contribution >= 0.6 is 12.9 Å². The van der Waals surface area contributed by atoms with Gasteiger partial charge < -0.3 is 4.18 Å². The van der Waals surface area contributed by atoms with Crippen LogP contribution < -0.4 is 0 Å². The Hall–Kier alpha value is 0.310. The van der Waals surface area contributed by atoms with E-state index in [1.165, 1.54) is 77.0 Å². The number of hydrogen-bond donors (Lipinski definition) is 1. The van der Waals surface area contributed by atoms with E-state index in [9.17, 15) is 0 Å². The van der Waals surface area contributed by atoms with E-state index in [0.717, 1.165) is 12.5 Å². The van der Waals surface area contributed by atoms with Crippen molar-refractivity contribution in [1.82, 2.24) is 0 Å². The van der Waals surface area contributed by atoms with Crippen molar-refractivity contribution < 1.29 is 4.18 Å². The molecule has 18 heavy (non-hydrogen) atoms. The molecule has 2 heteroatoms. The molecule has 0 aromatic carbocycles. The van der Waals surface area contributed by atoms with E-state index < -0.39 is 0 Å². The zero-order valence-corrected chi connectivity index (χ0v) is 13.5. The van der Waals surface area contributed by atoms with Crippen LogP contribution in [0.15, 0.2) is 0 Å². The van der Waals surface area contributed by atoms with Crippen LogP contribution in [-0.4, -0.2) is 6.61 Å². The third-order valence-corrected chi connectivity index (χ3v) is 3.89. The van der Waals surface area contributed by atoms with Crippen LogP contribution in [0.1, 0.15) is 90.9 Å². The minimum absolute atomic E-state index is 0.741. The van der Waals surface area contributed by atoms with E-state index in [0.29, 0.717) is 0 Å². The Bertz CT molecular complexity index is 150. The number of rotatable bonds is 14. The molecule has 0 amide bonds. The molecule has 0 aromatic rings. The van der Waals surface area contributed by atoms with Gasteiger partial charge in [0, 0.05) is 0 Å². The van der Waals surface area contributed by atoms with Gasteiger partial charge in [-0.25, -0.2) is 0 Å². The third-order valence-electron chi connectivity index (χ3n) is 3.74. The summed E-state index contributed by atoms with van der Waals surface area (Å²) in [5, 5.41) is 0. The summed E-state index contributed by atoms with van der Waals surface area (Å²) in [5.41, 5.74) is 0. The predicted molar refractivity (Wildman–Crippen MR) is 85.2 cm³/mol. The second-order valence-electron chi connectivity index (χ2n) is 5.57. The molecule has 1 atom stereocenters. The standard InChI is InChI=1S/C16H34OS/c1-3-5-7-9-10-12-14-16(15-17-18)13-11-8-6-4-2/h16,18H,3-15H2,1-2H3. The highest BCUT2D eigenvalue weighted by Crippen LogP contribution is 2.19. The first-order chi connectivity index (χ1) is 8.85. The molecule has 0 aliphatic rings. The lowest BCUT2D eigenvalue weighted by Gasteiger charge is -2.15. The maximum Gasteiger partial charge on any atom is 0.0638 e. The summed E-state index contributed by atoms with van der Waals surface area (Å²) in [6.07, 6.45) is 16.5. The Labute approximate surface area is 121 Å². The summed E-state index contributed by atoms with van der Waals surface area (Å²) >= 11 is 3.91. The van der Waals surface area contributed by atoms with Crippen molar-refractivity contribution in [2.75, 3.05) is 6.61 Å². The van der Waals surface area contributed by atoms with E-state index >= 15 is 0 Å². The van der Waals surface area contributed by atoms with Gasteiger partial charge in [0.15, 0.2) is 0 Å². The molecule has 0 bridgehead atoms. The van der Waals surface area contributed by atoms with Crippen LogP contribution in [0.25, 0.3) is 0 Å². The summed E-state index contributed by atoms with van der Waals surface area (Å²) in [7, 11) is 0. The summed E-state index contributed by atoms with van der Waals surface area (Å²) in [5.74, 6) is 0.741. The van der Waals surface area contributed by atoms with Crippen LogP contribution in [0.3, 0.4) is 0 Å². The van der Waals surface area contributed by atoms with Crippen molar-refractivity contribution in [2.45, 2.75) is 90.9 Å². The maximum absolute atomic E-state index is 5.05. The van der Waals surface area contributed by atoms with E-state index in [2.05, 4.69) is 26.8 Å². The Morgan fingerprint density at radius 2 is 1.17 bits per heavy atom. The topological polar surface area (TPSA) is 9.23 Å². The lowest BCUT2D eigenvalue weighted by molar-refractivity contribution is 0.258. The molecule has 0 heterocycles. The molecule has 0 aliphatic carbocycles. The van der Waals surface area contributed by atoms with Crippen LogP contribution in [0.2, 0.25) is 0 Å². The van der Waals surface area contributed by atoms with Gasteiger partial charge in [0.05, 0.1) is 6.61 Å². The van der Waals surface area contributed by atoms with Gasteiger partial charge in [0.25, 0.3) is 0 Å². The normalized spacial score (nSPS) is 12.8. The smallest absolute Gasteiger partial charge is 0.0638 e. The largest absolute Gasteiger partial charge is 0.318 e. The third kappa shape index (κ3) is 12.8. The van der Waals surface area contributed by atoms with Crippen molar-refractivity contribution in [2.24, 2.45) is 5.92 Å². The molecule has 0 saturated carbocycles. The Kier molecular flexibility index (Phi) is 15.6. The first-order valence-corrected chi connectivity index (χ1v) is 8.48. The summed E-state index contributed by atoms with van der Waals surface area (Å²) in [6, 6.07) is 0. The molecule has 0 aliphatic heterocycles. The predicted octanol–water partition coefficient (Wildman–Crippen LogP) is 6.19. The zero-order chi connectivity index (χ0) is 13.5. The lowest BCUT2D eigenvalue weighted by atomic mass is 9.95. The monoisotopic (exact) mass is 274 g/mol. The van der Waals surface area contributed by atoms with E-state index in [4.69, 9.17) is 4.18 Å². The zero-order valence-electron chi connectivity index (χ0n) is 12.6. The molecule has 110 valence electrons.